The summed E-state index contributed by atoms with van der Waals surface area (Å²) in [6.45, 7) is 8.89. The summed E-state index contributed by atoms with van der Waals surface area (Å²) in [7, 11) is 0. The SMILES string of the molecule is CCN(Cc1ccc(C2CC2C)o1)C1CCNC1. The third-order valence-corrected chi connectivity index (χ3v) is 4.47. The third kappa shape index (κ3) is 2.47. The molecule has 1 N–H and O–H groups in total. The molecule has 2 heterocycles. The zero-order valence-electron chi connectivity index (χ0n) is 11.5. The van der Waals surface area contributed by atoms with Crippen molar-refractivity contribution < 1.29 is 4.42 Å². The lowest BCUT2D eigenvalue weighted by Crippen LogP contribution is -2.36. The molecule has 1 aromatic heterocycles. The van der Waals surface area contributed by atoms with Gasteiger partial charge in [0.2, 0.25) is 0 Å². The van der Waals surface area contributed by atoms with Crippen LogP contribution in [0.2, 0.25) is 0 Å². The predicted octanol–water partition coefficient (Wildman–Crippen LogP) is 2.59. The Balaban J connectivity index is 1.61. The molecule has 18 heavy (non-hydrogen) atoms. The second kappa shape index (κ2) is 5.06. The topological polar surface area (TPSA) is 28.4 Å². The quantitative estimate of drug-likeness (QED) is 0.868. The average molecular weight is 248 g/mol. The van der Waals surface area contributed by atoms with Crippen LogP contribution in [0, 0.1) is 5.92 Å². The van der Waals surface area contributed by atoms with Crippen LogP contribution in [0.15, 0.2) is 16.5 Å². The number of nitrogens with one attached hydrogen (secondary N) is 1. The number of likely N-dealkylation sites (N-methyl/N-ethyl adjacent to an activating group) is 1. The van der Waals surface area contributed by atoms with Crippen molar-refractivity contribution in [3.05, 3.63) is 23.7 Å². The molecule has 3 nitrogen and oxygen atoms in total. The molecule has 1 aliphatic carbocycles. The van der Waals surface area contributed by atoms with E-state index in [9.17, 15) is 0 Å². The van der Waals surface area contributed by atoms with E-state index >= 15 is 0 Å². The molecule has 3 atom stereocenters. The fourth-order valence-electron chi connectivity index (χ4n) is 3.05. The van der Waals surface area contributed by atoms with Crippen molar-refractivity contribution in [2.24, 2.45) is 5.92 Å². The van der Waals surface area contributed by atoms with Gasteiger partial charge in [-0.25, -0.2) is 0 Å². The molecule has 0 bridgehead atoms. The van der Waals surface area contributed by atoms with E-state index in [-0.39, 0.29) is 0 Å². The Morgan fingerprint density at radius 2 is 2.28 bits per heavy atom. The monoisotopic (exact) mass is 248 g/mol. The van der Waals surface area contributed by atoms with Crippen molar-refractivity contribution in [1.82, 2.24) is 10.2 Å². The minimum atomic E-state index is 0.684. The number of hydrogen-bond acceptors (Lipinski definition) is 3. The molecule has 0 radical (unpaired) electrons. The molecule has 0 aromatic carbocycles. The van der Waals surface area contributed by atoms with Crippen molar-refractivity contribution in [2.45, 2.75) is 45.2 Å². The first-order chi connectivity index (χ1) is 8.78. The highest BCUT2D eigenvalue weighted by molar-refractivity contribution is 5.17. The highest BCUT2D eigenvalue weighted by Gasteiger charge is 2.36. The molecule has 3 heteroatoms. The number of furan rings is 1. The smallest absolute Gasteiger partial charge is 0.118 e. The second-order valence-corrected chi connectivity index (χ2v) is 5.83. The van der Waals surface area contributed by atoms with Crippen LogP contribution in [-0.2, 0) is 6.54 Å². The molecular weight excluding hydrogens is 224 g/mol. The lowest BCUT2D eigenvalue weighted by atomic mass is 10.2. The Morgan fingerprint density at radius 3 is 2.89 bits per heavy atom. The molecule has 0 spiro atoms. The van der Waals surface area contributed by atoms with Gasteiger partial charge in [0.1, 0.15) is 11.5 Å². The number of hydrogen-bond donors (Lipinski definition) is 1. The Kier molecular flexibility index (Phi) is 3.44. The maximum Gasteiger partial charge on any atom is 0.118 e. The van der Waals surface area contributed by atoms with Gasteiger partial charge in [0.15, 0.2) is 0 Å². The molecular formula is C15H24N2O. The van der Waals surface area contributed by atoms with Crippen LogP contribution < -0.4 is 5.32 Å². The summed E-state index contributed by atoms with van der Waals surface area (Å²) in [5.41, 5.74) is 0. The minimum absolute atomic E-state index is 0.684. The summed E-state index contributed by atoms with van der Waals surface area (Å²) >= 11 is 0. The van der Waals surface area contributed by atoms with Gasteiger partial charge in [0, 0.05) is 18.5 Å². The zero-order valence-corrected chi connectivity index (χ0v) is 11.5. The van der Waals surface area contributed by atoms with Crippen LogP contribution in [0.4, 0.5) is 0 Å². The molecule has 2 aliphatic rings. The van der Waals surface area contributed by atoms with Crippen LogP contribution in [-0.4, -0.2) is 30.6 Å². The van der Waals surface area contributed by atoms with Gasteiger partial charge in [0.25, 0.3) is 0 Å². The van der Waals surface area contributed by atoms with E-state index < -0.39 is 0 Å². The fourth-order valence-corrected chi connectivity index (χ4v) is 3.05. The maximum atomic E-state index is 6.01. The molecule has 1 saturated heterocycles. The largest absolute Gasteiger partial charge is 0.464 e. The van der Waals surface area contributed by atoms with Gasteiger partial charge in [-0.2, -0.15) is 0 Å². The normalized spacial score (nSPS) is 31.2. The minimum Gasteiger partial charge on any atom is -0.464 e. The Bertz CT molecular complexity index is 395. The van der Waals surface area contributed by atoms with Crippen LogP contribution >= 0.6 is 0 Å². The molecule has 1 aromatic rings. The van der Waals surface area contributed by atoms with E-state index in [4.69, 9.17) is 4.42 Å². The highest BCUT2D eigenvalue weighted by atomic mass is 16.3. The van der Waals surface area contributed by atoms with Crippen LogP contribution in [0.3, 0.4) is 0 Å². The number of rotatable bonds is 5. The second-order valence-electron chi connectivity index (χ2n) is 5.83. The van der Waals surface area contributed by atoms with Gasteiger partial charge < -0.3 is 9.73 Å². The first-order valence-corrected chi connectivity index (χ1v) is 7.31. The van der Waals surface area contributed by atoms with Crippen molar-refractivity contribution >= 4 is 0 Å². The van der Waals surface area contributed by atoms with E-state index in [1.54, 1.807) is 0 Å². The number of nitrogens with zero attached hydrogens (tertiary/aromatic N) is 1. The van der Waals surface area contributed by atoms with Gasteiger partial charge in [-0.05, 0) is 44.0 Å². The first kappa shape index (κ1) is 12.2. The summed E-state index contributed by atoms with van der Waals surface area (Å²) in [6, 6.07) is 5.04. The van der Waals surface area contributed by atoms with Crippen molar-refractivity contribution in [1.29, 1.82) is 0 Å². The van der Waals surface area contributed by atoms with E-state index in [1.807, 2.05) is 0 Å². The van der Waals surface area contributed by atoms with Crippen molar-refractivity contribution in [3.8, 4) is 0 Å². The van der Waals surface area contributed by atoms with Crippen molar-refractivity contribution in [3.63, 3.8) is 0 Å². The lowest BCUT2D eigenvalue weighted by molar-refractivity contribution is 0.193. The summed E-state index contributed by atoms with van der Waals surface area (Å²) in [6.07, 6.45) is 2.57. The van der Waals surface area contributed by atoms with Gasteiger partial charge in [-0.1, -0.05) is 13.8 Å². The molecule has 3 rings (SSSR count). The van der Waals surface area contributed by atoms with E-state index in [2.05, 4.69) is 36.2 Å². The predicted molar refractivity (Wildman–Crippen MR) is 72.6 cm³/mol. The Hall–Kier alpha value is -0.800. The van der Waals surface area contributed by atoms with Gasteiger partial charge in [-0.3, -0.25) is 4.90 Å². The lowest BCUT2D eigenvalue weighted by Gasteiger charge is -2.25. The summed E-state index contributed by atoms with van der Waals surface area (Å²) in [4.78, 5) is 2.53. The van der Waals surface area contributed by atoms with E-state index in [1.165, 1.54) is 18.6 Å². The summed E-state index contributed by atoms with van der Waals surface area (Å²) in [5.74, 6) is 3.86. The van der Waals surface area contributed by atoms with Gasteiger partial charge >= 0.3 is 0 Å². The first-order valence-electron chi connectivity index (χ1n) is 7.31. The molecule has 1 saturated carbocycles. The molecule has 2 fully saturated rings. The van der Waals surface area contributed by atoms with Crippen molar-refractivity contribution in [2.75, 3.05) is 19.6 Å². The van der Waals surface area contributed by atoms with E-state index in [0.717, 1.165) is 37.9 Å². The van der Waals surface area contributed by atoms with Gasteiger partial charge in [0.05, 0.1) is 6.54 Å². The summed E-state index contributed by atoms with van der Waals surface area (Å²) in [5, 5.41) is 3.44. The third-order valence-electron chi connectivity index (χ3n) is 4.47. The standard InChI is InChI=1S/C15H24N2O/c1-3-17(12-6-7-16-9-12)10-13-4-5-15(18-13)14-8-11(14)2/h4-5,11-12,14,16H,3,6-10H2,1-2H3. The highest BCUT2D eigenvalue weighted by Crippen LogP contribution is 2.47. The van der Waals surface area contributed by atoms with Gasteiger partial charge in [-0.15, -0.1) is 0 Å². The fraction of sp³-hybridized carbons (Fsp3) is 0.733. The Morgan fingerprint density at radius 1 is 1.44 bits per heavy atom. The van der Waals surface area contributed by atoms with Crippen LogP contribution in [0.1, 0.15) is 44.1 Å². The molecule has 3 unspecified atom stereocenters. The van der Waals surface area contributed by atoms with Crippen LogP contribution in [0.5, 0.6) is 0 Å². The van der Waals surface area contributed by atoms with E-state index in [0.29, 0.717) is 12.0 Å². The molecule has 1 aliphatic heterocycles. The Labute approximate surface area is 110 Å². The zero-order chi connectivity index (χ0) is 12.5. The average Bonchev–Trinajstić information content (AvgIpc) is 2.86. The molecule has 0 amide bonds. The van der Waals surface area contributed by atoms with Crippen LogP contribution in [0.25, 0.3) is 0 Å². The molecule has 100 valence electrons. The maximum absolute atomic E-state index is 6.01. The summed E-state index contributed by atoms with van der Waals surface area (Å²) < 4.78 is 6.01.